The molecule has 0 atom stereocenters. The van der Waals surface area contributed by atoms with Gasteiger partial charge in [-0.3, -0.25) is 4.90 Å². The summed E-state index contributed by atoms with van der Waals surface area (Å²) in [5, 5.41) is 9.01. The third kappa shape index (κ3) is 3.91. The van der Waals surface area contributed by atoms with Crippen molar-refractivity contribution in [1.29, 1.82) is 5.26 Å². The highest BCUT2D eigenvalue weighted by Gasteiger charge is 2.23. The average molecular weight is 290 g/mol. The summed E-state index contributed by atoms with van der Waals surface area (Å²) in [7, 11) is 1.62. The van der Waals surface area contributed by atoms with E-state index < -0.39 is 0 Å². The van der Waals surface area contributed by atoms with Crippen molar-refractivity contribution in [2.45, 2.75) is 31.6 Å². The van der Waals surface area contributed by atoms with Crippen molar-refractivity contribution in [2.75, 3.05) is 26.0 Å². The van der Waals surface area contributed by atoms with Crippen LogP contribution in [0.2, 0.25) is 0 Å². The van der Waals surface area contributed by atoms with E-state index in [1.54, 1.807) is 7.11 Å². The minimum absolute atomic E-state index is 0.386. The Labute approximate surface area is 125 Å². The maximum absolute atomic E-state index is 9.01. The predicted octanol–water partition coefficient (Wildman–Crippen LogP) is 3.28. The molecule has 1 heterocycles. The van der Waals surface area contributed by atoms with Gasteiger partial charge in [0.1, 0.15) is 11.8 Å². The van der Waals surface area contributed by atoms with Gasteiger partial charge >= 0.3 is 0 Å². The number of hydrogen-bond donors (Lipinski definition) is 0. The zero-order valence-electron chi connectivity index (χ0n) is 12.5. The van der Waals surface area contributed by atoms with Gasteiger partial charge in [0, 0.05) is 23.6 Å². The van der Waals surface area contributed by atoms with E-state index in [2.05, 4.69) is 36.6 Å². The molecular weight excluding hydrogens is 268 g/mol. The van der Waals surface area contributed by atoms with Crippen LogP contribution in [0.4, 0.5) is 0 Å². The Balaban J connectivity index is 2.05. The molecule has 0 amide bonds. The fraction of sp³-hybridized carbons (Fsp3) is 0.562. The third-order valence-corrected chi connectivity index (χ3v) is 5.10. The zero-order chi connectivity index (χ0) is 14.6. The second kappa shape index (κ2) is 6.51. The molecule has 0 aromatic heterocycles. The second-order valence-corrected chi connectivity index (χ2v) is 7.58. The van der Waals surface area contributed by atoms with Crippen molar-refractivity contribution in [2.24, 2.45) is 0 Å². The molecule has 0 spiro atoms. The first kappa shape index (κ1) is 15.2. The number of rotatable bonds is 3. The highest BCUT2D eigenvalue weighted by atomic mass is 32.2. The maximum Gasteiger partial charge on any atom is 0.136 e. The topological polar surface area (TPSA) is 36.3 Å². The maximum atomic E-state index is 9.01. The molecule has 1 aromatic carbocycles. The number of benzene rings is 1. The zero-order valence-corrected chi connectivity index (χ0v) is 13.3. The van der Waals surface area contributed by atoms with E-state index in [1.165, 1.54) is 17.7 Å². The summed E-state index contributed by atoms with van der Waals surface area (Å²) >= 11 is 2.06. The average Bonchev–Trinajstić information content (AvgIpc) is 2.60. The van der Waals surface area contributed by atoms with Gasteiger partial charge in [-0.1, -0.05) is 19.9 Å². The lowest BCUT2D eigenvalue weighted by molar-refractivity contribution is 0.276. The van der Waals surface area contributed by atoms with E-state index in [4.69, 9.17) is 10.00 Å². The molecule has 0 saturated carbocycles. The van der Waals surface area contributed by atoms with E-state index >= 15 is 0 Å². The van der Waals surface area contributed by atoms with Crippen LogP contribution in [0.15, 0.2) is 18.2 Å². The smallest absolute Gasteiger partial charge is 0.136 e. The predicted molar refractivity (Wildman–Crippen MR) is 84.1 cm³/mol. The minimum atomic E-state index is 0.386. The summed E-state index contributed by atoms with van der Waals surface area (Å²) in [5.74, 6) is 1.86. The number of methoxy groups -OCH3 is 1. The number of hydrogen-bond acceptors (Lipinski definition) is 4. The van der Waals surface area contributed by atoms with Gasteiger partial charge in [-0.05, 0) is 30.7 Å². The molecular formula is C16H22N2OS. The lowest BCUT2D eigenvalue weighted by Gasteiger charge is -2.22. The van der Waals surface area contributed by atoms with Crippen LogP contribution in [-0.2, 0) is 6.54 Å². The molecule has 0 radical (unpaired) electrons. The fourth-order valence-corrected chi connectivity index (χ4v) is 3.54. The minimum Gasteiger partial charge on any atom is -0.495 e. The van der Waals surface area contributed by atoms with Crippen molar-refractivity contribution in [3.05, 3.63) is 29.3 Å². The molecule has 0 bridgehead atoms. The monoisotopic (exact) mass is 290 g/mol. The quantitative estimate of drug-likeness (QED) is 0.856. The van der Waals surface area contributed by atoms with Gasteiger partial charge < -0.3 is 4.74 Å². The van der Waals surface area contributed by atoms with Crippen molar-refractivity contribution in [3.63, 3.8) is 0 Å². The summed E-state index contributed by atoms with van der Waals surface area (Å²) in [6.07, 6.45) is 1.21. The van der Waals surface area contributed by atoms with Crippen LogP contribution >= 0.6 is 11.8 Å². The normalized spacial score (nSPS) is 19.1. The fourth-order valence-electron chi connectivity index (χ4n) is 2.41. The number of ether oxygens (including phenoxy) is 1. The number of nitriles is 1. The standard InChI is InChI=1S/C16H22N2OS/c1-16(2)6-7-18(8-9-20-16)12-13-4-5-14(11-17)15(10-13)19-3/h4-5,10H,6-9,12H2,1-3H3. The van der Waals surface area contributed by atoms with Crippen molar-refractivity contribution >= 4 is 11.8 Å². The van der Waals surface area contributed by atoms with Gasteiger partial charge in [0.25, 0.3) is 0 Å². The Morgan fingerprint density at radius 1 is 1.40 bits per heavy atom. The lowest BCUT2D eigenvalue weighted by atomic mass is 10.1. The van der Waals surface area contributed by atoms with Crippen LogP contribution in [0, 0.1) is 11.3 Å². The highest BCUT2D eigenvalue weighted by molar-refractivity contribution is 8.00. The van der Waals surface area contributed by atoms with Crippen molar-refractivity contribution in [3.8, 4) is 11.8 Å². The van der Waals surface area contributed by atoms with E-state index in [9.17, 15) is 0 Å². The van der Waals surface area contributed by atoms with Gasteiger partial charge in [0.05, 0.1) is 12.7 Å². The Bertz CT molecular complexity index is 508. The van der Waals surface area contributed by atoms with Gasteiger partial charge in [-0.25, -0.2) is 0 Å². The molecule has 4 heteroatoms. The van der Waals surface area contributed by atoms with Gasteiger partial charge in [-0.2, -0.15) is 17.0 Å². The molecule has 1 aromatic rings. The van der Waals surface area contributed by atoms with E-state index in [1.807, 2.05) is 18.2 Å². The molecule has 1 aliphatic rings. The molecule has 1 aliphatic heterocycles. The number of thioether (sulfide) groups is 1. The van der Waals surface area contributed by atoms with Crippen LogP contribution in [0.5, 0.6) is 5.75 Å². The van der Waals surface area contributed by atoms with Gasteiger partial charge in [0.2, 0.25) is 0 Å². The summed E-state index contributed by atoms with van der Waals surface area (Å²) in [5.41, 5.74) is 1.81. The van der Waals surface area contributed by atoms with Gasteiger partial charge in [-0.15, -0.1) is 0 Å². The third-order valence-electron chi connectivity index (χ3n) is 3.72. The Hall–Kier alpha value is -1.18. The summed E-state index contributed by atoms with van der Waals surface area (Å²) in [6.45, 7) is 7.83. The lowest BCUT2D eigenvalue weighted by Crippen LogP contribution is -2.26. The number of nitrogens with zero attached hydrogens (tertiary/aromatic N) is 2. The van der Waals surface area contributed by atoms with Gasteiger partial charge in [0.15, 0.2) is 0 Å². The van der Waals surface area contributed by atoms with Crippen LogP contribution in [-0.4, -0.2) is 35.6 Å². The van der Waals surface area contributed by atoms with Crippen LogP contribution in [0.25, 0.3) is 0 Å². The largest absolute Gasteiger partial charge is 0.495 e. The molecule has 1 fully saturated rings. The van der Waals surface area contributed by atoms with Crippen molar-refractivity contribution < 1.29 is 4.74 Å². The first-order valence-electron chi connectivity index (χ1n) is 6.97. The molecule has 2 rings (SSSR count). The Morgan fingerprint density at radius 2 is 2.20 bits per heavy atom. The molecule has 3 nitrogen and oxygen atoms in total. The molecule has 0 unspecified atom stereocenters. The second-order valence-electron chi connectivity index (χ2n) is 5.78. The highest BCUT2D eigenvalue weighted by Crippen LogP contribution is 2.31. The van der Waals surface area contributed by atoms with E-state index in [0.29, 0.717) is 16.1 Å². The molecule has 0 N–H and O–H groups in total. The molecule has 20 heavy (non-hydrogen) atoms. The van der Waals surface area contributed by atoms with E-state index in [-0.39, 0.29) is 0 Å². The molecule has 1 saturated heterocycles. The van der Waals surface area contributed by atoms with Crippen LogP contribution in [0.1, 0.15) is 31.4 Å². The molecule has 0 aliphatic carbocycles. The Kier molecular flexibility index (Phi) is 4.95. The first-order chi connectivity index (χ1) is 9.54. The van der Waals surface area contributed by atoms with Crippen LogP contribution in [0.3, 0.4) is 0 Å². The van der Waals surface area contributed by atoms with Crippen molar-refractivity contribution in [1.82, 2.24) is 4.90 Å². The molecule has 108 valence electrons. The van der Waals surface area contributed by atoms with Crippen LogP contribution < -0.4 is 4.74 Å². The van der Waals surface area contributed by atoms with E-state index in [0.717, 1.165) is 19.6 Å². The Morgan fingerprint density at radius 3 is 2.90 bits per heavy atom. The SMILES string of the molecule is COc1cc(CN2CCSC(C)(C)CC2)ccc1C#N. The summed E-state index contributed by atoms with van der Waals surface area (Å²) in [4.78, 5) is 2.49. The summed E-state index contributed by atoms with van der Waals surface area (Å²) in [6, 6.07) is 8.03. The first-order valence-corrected chi connectivity index (χ1v) is 7.96. The summed E-state index contributed by atoms with van der Waals surface area (Å²) < 4.78 is 5.66.